The van der Waals surface area contributed by atoms with E-state index in [1.54, 1.807) is 0 Å². The van der Waals surface area contributed by atoms with Gasteiger partial charge in [-0.25, -0.2) is 0 Å². The number of aryl methyl sites for hydroxylation is 1. The molecule has 1 N–H and O–H groups in total. The van der Waals surface area contributed by atoms with Crippen LogP contribution in [0.1, 0.15) is 27.2 Å². The fraction of sp³-hybridized carbons (Fsp3) is 0.385. The van der Waals surface area contributed by atoms with Crippen LogP contribution in [-0.2, 0) is 26.3 Å². The van der Waals surface area contributed by atoms with E-state index in [1.807, 2.05) is 6.20 Å². The van der Waals surface area contributed by atoms with Gasteiger partial charge in [0.2, 0.25) is 0 Å². The second-order valence-corrected chi connectivity index (χ2v) is 10.00. The smallest absolute Gasteiger partial charge is 0.253 e. The Bertz CT molecular complexity index is 1340. The first-order valence-electron chi connectivity index (χ1n) is 11.9. The van der Waals surface area contributed by atoms with E-state index in [0.717, 1.165) is 66.7 Å². The molecule has 0 atom stereocenters. The van der Waals surface area contributed by atoms with E-state index in [0.29, 0.717) is 6.61 Å². The van der Waals surface area contributed by atoms with E-state index in [4.69, 9.17) is 9.72 Å². The lowest BCUT2D eigenvalue weighted by molar-refractivity contribution is 0.0886. The van der Waals surface area contributed by atoms with Crippen molar-refractivity contribution in [3.05, 3.63) is 52.8 Å². The van der Waals surface area contributed by atoms with Crippen LogP contribution in [0.15, 0.2) is 30.5 Å². The summed E-state index contributed by atoms with van der Waals surface area (Å²) < 4.78 is 8.21. The second kappa shape index (κ2) is 6.66. The van der Waals surface area contributed by atoms with Crippen LogP contribution in [0.25, 0.3) is 22.5 Å². The minimum absolute atomic E-state index is 0.0681. The molecule has 1 fully saturated rings. The largest absolute Gasteiger partial charge is 0.490 e. The highest BCUT2D eigenvalue weighted by Gasteiger charge is 2.46. The van der Waals surface area contributed by atoms with Crippen LogP contribution < -0.4 is 15.0 Å². The number of nitrogens with one attached hydrogen (secondary N) is 1. The molecule has 165 valence electrons. The van der Waals surface area contributed by atoms with Gasteiger partial charge >= 0.3 is 0 Å². The van der Waals surface area contributed by atoms with Crippen LogP contribution in [0, 0.1) is 0 Å². The lowest BCUT2D eigenvalue weighted by Crippen LogP contribution is -2.59. The van der Waals surface area contributed by atoms with Crippen molar-refractivity contribution in [2.75, 3.05) is 25.1 Å². The van der Waals surface area contributed by atoms with Gasteiger partial charge < -0.3 is 19.5 Å². The van der Waals surface area contributed by atoms with Gasteiger partial charge in [0, 0.05) is 49.1 Å². The van der Waals surface area contributed by atoms with Gasteiger partial charge in [-0.1, -0.05) is 18.7 Å². The van der Waals surface area contributed by atoms with Crippen molar-refractivity contribution in [3.8, 4) is 28.3 Å². The second-order valence-electron chi connectivity index (χ2n) is 10.00. The zero-order valence-electron chi connectivity index (χ0n) is 19.1. The maximum atomic E-state index is 13.2. The fourth-order valence-electron chi connectivity index (χ4n) is 6.10. The van der Waals surface area contributed by atoms with Crippen LogP contribution in [0.4, 0.5) is 5.69 Å². The predicted octanol–water partition coefficient (Wildman–Crippen LogP) is 3.26. The molecule has 1 aromatic carbocycles. The summed E-state index contributed by atoms with van der Waals surface area (Å²) in [4.78, 5) is 20.2. The van der Waals surface area contributed by atoms with Gasteiger partial charge in [0.05, 0.1) is 29.2 Å². The zero-order valence-corrected chi connectivity index (χ0v) is 19.1. The molecule has 0 unspecified atom stereocenters. The third-order valence-corrected chi connectivity index (χ3v) is 8.04. The fourth-order valence-corrected chi connectivity index (χ4v) is 6.10. The number of carbonyl (C=O) groups is 1. The van der Waals surface area contributed by atoms with Crippen LogP contribution >= 0.6 is 0 Å². The van der Waals surface area contributed by atoms with Crippen molar-refractivity contribution < 1.29 is 9.53 Å². The van der Waals surface area contributed by atoms with Crippen molar-refractivity contribution in [2.45, 2.75) is 37.4 Å². The van der Waals surface area contributed by atoms with Gasteiger partial charge in [-0.3, -0.25) is 9.78 Å². The Morgan fingerprint density at radius 2 is 2.06 bits per heavy atom. The number of carbonyl (C=O) groups excluding carboxylic acids is 1. The zero-order chi connectivity index (χ0) is 22.3. The summed E-state index contributed by atoms with van der Waals surface area (Å²) in [6.45, 7) is 1.60. The van der Waals surface area contributed by atoms with Crippen LogP contribution in [0.5, 0.6) is 5.75 Å². The first kappa shape index (κ1) is 19.3. The molecular formula is C26H26BN4O2. The third-order valence-electron chi connectivity index (χ3n) is 8.04. The lowest BCUT2D eigenvalue weighted by atomic mass is 9.45. The Balaban J connectivity index is 1.35. The van der Waals surface area contributed by atoms with Crippen molar-refractivity contribution in [1.29, 1.82) is 0 Å². The number of ether oxygens (including phenoxy) is 1. The molecule has 1 spiro atoms. The lowest BCUT2D eigenvalue weighted by Gasteiger charge is -2.45. The summed E-state index contributed by atoms with van der Waals surface area (Å²) in [6.07, 6.45) is 6.67. The quantitative estimate of drug-likeness (QED) is 0.594. The maximum absolute atomic E-state index is 13.2. The number of hydrogen-bond acceptors (Lipinski definition) is 4. The van der Waals surface area contributed by atoms with E-state index < -0.39 is 0 Å². The van der Waals surface area contributed by atoms with Gasteiger partial charge in [0.15, 0.2) is 0 Å². The number of aromatic nitrogens is 2. The molecule has 1 aliphatic carbocycles. The average molecular weight is 437 g/mol. The van der Waals surface area contributed by atoms with Gasteiger partial charge in [0.1, 0.15) is 19.6 Å². The number of fused-ring (bicyclic) bond motifs is 6. The molecule has 0 saturated carbocycles. The summed E-state index contributed by atoms with van der Waals surface area (Å²) in [5.41, 5.74) is 10.00. The normalized spacial score (nSPS) is 19.3. The van der Waals surface area contributed by atoms with Gasteiger partial charge in [-0.2, -0.15) is 0 Å². The van der Waals surface area contributed by atoms with Crippen LogP contribution in [0.3, 0.4) is 0 Å². The Morgan fingerprint density at radius 3 is 2.88 bits per heavy atom. The number of amides is 1. The number of rotatable bonds is 1. The molecule has 7 heteroatoms. The van der Waals surface area contributed by atoms with E-state index in [1.165, 1.54) is 28.1 Å². The van der Waals surface area contributed by atoms with Crippen molar-refractivity contribution in [2.24, 2.45) is 7.05 Å². The molecule has 3 aliphatic heterocycles. The number of anilines is 1. The first-order chi connectivity index (χ1) is 16.0. The average Bonchev–Trinajstić information content (AvgIpc) is 3.10. The molecule has 6 nitrogen and oxygen atoms in total. The van der Waals surface area contributed by atoms with Gasteiger partial charge in [0.25, 0.3) is 5.91 Å². The number of pyridine rings is 1. The highest BCUT2D eigenvalue weighted by atomic mass is 16.5. The summed E-state index contributed by atoms with van der Waals surface area (Å²) in [6, 6.07) is 8.56. The van der Waals surface area contributed by atoms with Crippen LogP contribution in [0.2, 0.25) is 12.6 Å². The standard InChI is InChI=1S/C26H26BN4O2/c1-30-7-8-33-22-9-15(4-6-20(22)30)19-10-18-16(12-28-19)3-5-17-23-21(31(2)24(17)18)11-26(13-27-14-26)29-25(23)32/h4,6,9-10,12H,3,5,7-8,11,13-14H2,1-2H3,(H,29,32). The molecule has 3 aromatic rings. The van der Waals surface area contributed by atoms with Crippen molar-refractivity contribution in [3.63, 3.8) is 0 Å². The predicted molar refractivity (Wildman–Crippen MR) is 130 cm³/mol. The monoisotopic (exact) mass is 437 g/mol. The minimum Gasteiger partial charge on any atom is -0.490 e. The summed E-state index contributed by atoms with van der Waals surface area (Å²) >= 11 is 0. The van der Waals surface area contributed by atoms with E-state index in [9.17, 15) is 4.79 Å². The van der Waals surface area contributed by atoms with Gasteiger partial charge in [-0.15, -0.1) is 0 Å². The Hall–Kier alpha value is -3.22. The van der Waals surface area contributed by atoms with E-state index in [-0.39, 0.29) is 11.4 Å². The van der Waals surface area contributed by atoms with Crippen molar-refractivity contribution >= 4 is 18.9 Å². The molecule has 4 aliphatic rings. The summed E-state index contributed by atoms with van der Waals surface area (Å²) in [7, 11) is 6.49. The molecule has 5 heterocycles. The molecule has 1 radical (unpaired) electrons. The van der Waals surface area contributed by atoms with Crippen LogP contribution in [-0.4, -0.2) is 48.5 Å². The highest BCUT2D eigenvalue weighted by molar-refractivity contribution is 6.41. The molecule has 1 amide bonds. The summed E-state index contributed by atoms with van der Waals surface area (Å²) in [5, 5.41) is 3.33. The van der Waals surface area contributed by atoms with E-state index in [2.05, 4.69) is 60.4 Å². The third kappa shape index (κ3) is 2.68. The number of benzene rings is 1. The van der Waals surface area contributed by atoms with Crippen molar-refractivity contribution in [1.82, 2.24) is 14.9 Å². The number of nitrogens with zero attached hydrogens (tertiary/aromatic N) is 3. The number of likely N-dealkylation sites (N-methyl/N-ethyl adjacent to an activating group) is 1. The molecule has 1 saturated heterocycles. The molecular weight excluding hydrogens is 411 g/mol. The Kier molecular flexibility index (Phi) is 3.89. The van der Waals surface area contributed by atoms with E-state index >= 15 is 0 Å². The Morgan fingerprint density at radius 1 is 1.18 bits per heavy atom. The Labute approximate surface area is 194 Å². The molecule has 33 heavy (non-hydrogen) atoms. The maximum Gasteiger partial charge on any atom is 0.253 e. The summed E-state index contributed by atoms with van der Waals surface area (Å²) in [5.74, 6) is 1.02. The molecule has 2 aromatic heterocycles. The molecule has 7 rings (SSSR count). The van der Waals surface area contributed by atoms with Gasteiger partial charge in [-0.05, 0) is 42.2 Å². The topological polar surface area (TPSA) is 59.4 Å². The number of hydrogen-bond donors (Lipinski definition) is 1. The minimum atomic E-state index is -0.0681. The highest BCUT2D eigenvalue weighted by Crippen LogP contribution is 2.44. The first-order valence-corrected chi connectivity index (χ1v) is 11.9. The molecule has 0 bridgehead atoms. The SMILES string of the molecule is CN1CCOc2cc(-c3cc4c(cn3)CCc3c5c(n(C)c3-4)CC3(C[B]C3)NC5=O)ccc21.